The summed E-state index contributed by atoms with van der Waals surface area (Å²) in [6, 6.07) is 1.89. The van der Waals surface area contributed by atoms with Crippen LogP contribution in [0.25, 0.3) is 5.76 Å². The molecule has 5 rings (SSSR count). The number of amides is 1. The molecule has 4 aliphatic carbocycles. The van der Waals surface area contributed by atoms with Gasteiger partial charge in [0.05, 0.1) is 5.56 Å². The number of hydrogen-bond donors (Lipinski definition) is 6. The highest BCUT2D eigenvalue weighted by atomic mass is 16.3. The topological polar surface area (TPSA) is 173 Å². The quantitative estimate of drug-likeness (QED) is 0.296. The maximum atomic E-state index is 13.8. The van der Waals surface area contributed by atoms with Crippen LogP contribution in [-0.4, -0.2) is 64.1 Å². The number of anilines is 1. The predicted molar refractivity (Wildman–Crippen MR) is 144 cm³/mol. The smallest absolute Gasteiger partial charge is 0.255 e. The third kappa shape index (κ3) is 4.30. The van der Waals surface area contributed by atoms with E-state index < -0.39 is 52.0 Å². The summed E-state index contributed by atoms with van der Waals surface area (Å²) in [5.41, 5.74) is 3.93. The van der Waals surface area contributed by atoms with Crippen LogP contribution in [0.3, 0.4) is 0 Å². The molecule has 0 aromatic heterocycles. The van der Waals surface area contributed by atoms with Crippen molar-refractivity contribution in [3.63, 3.8) is 0 Å². The van der Waals surface area contributed by atoms with Crippen molar-refractivity contribution in [2.45, 2.75) is 63.5 Å². The molecule has 39 heavy (non-hydrogen) atoms. The summed E-state index contributed by atoms with van der Waals surface area (Å²) in [4.78, 5) is 40.0. The number of phenolic OH excluding ortho intramolecular Hbond substituents is 1. The van der Waals surface area contributed by atoms with Crippen LogP contribution < -0.4 is 16.0 Å². The number of fused-ring (bicyclic) bond motifs is 3. The van der Waals surface area contributed by atoms with Gasteiger partial charge in [-0.25, -0.2) is 0 Å². The van der Waals surface area contributed by atoms with Crippen LogP contribution in [0.2, 0.25) is 0 Å². The van der Waals surface area contributed by atoms with Gasteiger partial charge in [0, 0.05) is 49.8 Å². The molecule has 210 valence electrons. The number of nitrogens with one attached hydrogen (secondary N) is 1. The van der Waals surface area contributed by atoms with Crippen molar-refractivity contribution < 1.29 is 34.8 Å². The van der Waals surface area contributed by atoms with Crippen molar-refractivity contribution in [3.05, 3.63) is 39.7 Å². The molecule has 1 amide bonds. The van der Waals surface area contributed by atoms with E-state index >= 15 is 0 Å². The molecule has 0 spiro atoms. The Labute approximate surface area is 227 Å². The molecule has 4 aliphatic rings. The van der Waals surface area contributed by atoms with Crippen LogP contribution in [0, 0.1) is 17.8 Å². The second kappa shape index (κ2) is 9.98. The molecule has 0 bridgehead atoms. The SMILES string of the molecule is CN(C)c1cc(CNCC2CCCCC2)c(O)c2c1CC1CC3CC(=O)C(C(N)=O)=C(O)[C@@]3(O)C(=O)C1=C2O. The fourth-order valence-electron chi connectivity index (χ4n) is 7.06. The number of aromatic hydroxyl groups is 1. The summed E-state index contributed by atoms with van der Waals surface area (Å²) in [6.45, 7) is 1.19. The third-order valence-electron chi connectivity index (χ3n) is 9.07. The fourth-order valence-corrected chi connectivity index (χ4v) is 7.06. The van der Waals surface area contributed by atoms with E-state index in [9.17, 15) is 34.8 Å². The molecule has 10 nitrogen and oxygen atoms in total. The summed E-state index contributed by atoms with van der Waals surface area (Å²) in [7, 11) is 3.72. The van der Waals surface area contributed by atoms with E-state index in [1.807, 2.05) is 25.1 Å². The van der Waals surface area contributed by atoms with Crippen molar-refractivity contribution >= 4 is 28.9 Å². The number of primary amides is 1. The fraction of sp³-hybridized carbons (Fsp3) is 0.552. The first-order chi connectivity index (χ1) is 18.5. The Morgan fingerprint density at radius 1 is 1.13 bits per heavy atom. The van der Waals surface area contributed by atoms with Gasteiger partial charge in [-0.15, -0.1) is 0 Å². The Bertz CT molecular complexity index is 1310. The van der Waals surface area contributed by atoms with E-state index in [1.54, 1.807) is 0 Å². The second-order valence-corrected chi connectivity index (χ2v) is 11.7. The Kier molecular flexibility index (Phi) is 6.97. The second-order valence-electron chi connectivity index (χ2n) is 11.7. The average Bonchev–Trinajstić information content (AvgIpc) is 2.87. The lowest BCUT2D eigenvalue weighted by atomic mass is 9.59. The highest BCUT2D eigenvalue weighted by Crippen LogP contribution is 2.53. The summed E-state index contributed by atoms with van der Waals surface area (Å²) >= 11 is 0. The van der Waals surface area contributed by atoms with Crippen LogP contribution >= 0.6 is 0 Å². The van der Waals surface area contributed by atoms with Gasteiger partial charge < -0.3 is 36.4 Å². The van der Waals surface area contributed by atoms with Crippen LogP contribution in [0.5, 0.6) is 5.75 Å². The van der Waals surface area contributed by atoms with Crippen molar-refractivity contribution in [1.29, 1.82) is 0 Å². The number of Topliss-reactive ketones (excluding diaryl/α,β-unsaturated/α-hetero) is 2. The van der Waals surface area contributed by atoms with Gasteiger partial charge in [0.2, 0.25) is 5.78 Å². The van der Waals surface area contributed by atoms with E-state index in [4.69, 9.17) is 5.73 Å². The molecule has 2 fully saturated rings. The number of phenols is 1. The first-order valence-corrected chi connectivity index (χ1v) is 13.7. The Morgan fingerprint density at radius 2 is 1.82 bits per heavy atom. The molecular formula is C29H37N3O7. The maximum Gasteiger partial charge on any atom is 0.255 e. The van der Waals surface area contributed by atoms with E-state index in [0.717, 1.165) is 12.2 Å². The third-order valence-corrected chi connectivity index (χ3v) is 9.07. The zero-order chi connectivity index (χ0) is 28.2. The lowest BCUT2D eigenvalue weighted by Gasteiger charge is -2.46. The molecule has 1 aromatic carbocycles. The summed E-state index contributed by atoms with van der Waals surface area (Å²) in [6.07, 6.45) is 6.14. The van der Waals surface area contributed by atoms with Gasteiger partial charge >= 0.3 is 0 Å². The first kappa shape index (κ1) is 27.2. The summed E-state index contributed by atoms with van der Waals surface area (Å²) in [5, 5.41) is 48.4. The molecule has 0 aliphatic heterocycles. The lowest BCUT2D eigenvalue weighted by molar-refractivity contribution is -0.147. The number of ketones is 2. The largest absolute Gasteiger partial charge is 0.508 e. The zero-order valence-electron chi connectivity index (χ0n) is 22.4. The number of rotatable bonds is 6. The number of carbonyl (C=O) groups is 3. The number of aliphatic hydroxyl groups is 3. The van der Waals surface area contributed by atoms with Crippen molar-refractivity contribution in [2.75, 3.05) is 25.5 Å². The molecule has 3 atom stereocenters. The van der Waals surface area contributed by atoms with Gasteiger partial charge in [-0.05, 0) is 55.7 Å². The van der Waals surface area contributed by atoms with Crippen LogP contribution in [-0.2, 0) is 27.3 Å². The summed E-state index contributed by atoms with van der Waals surface area (Å²) < 4.78 is 0. The minimum atomic E-state index is -2.56. The van der Waals surface area contributed by atoms with E-state index in [1.165, 1.54) is 32.1 Å². The number of carbonyl (C=O) groups excluding carboxylic acids is 3. The Hall–Kier alpha value is -3.37. The first-order valence-electron chi connectivity index (χ1n) is 13.7. The molecule has 0 heterocycles. The van der Waals surface area contributed by atoms with E-state index in [0.29, 0.717) is 23.6 Å². The number of aliphatic hydroxyl groups excluding tert-OH is 2. The molecule has 2 saturated carbocycles. The van der Waals surface area contributed by atoms with Gasteiger partial charge in [-0.3, -0.25) is 14.4 Å². The van der Waals surface area contributed by atoms with Crippen LogP contribution in [0.15, 0.2) is 23.0 Å². The van der Waals surface area contributed by atoms with Gasteiger partial charge in [0.25, 0.3) is 5.91 Å². The molecule has 7 N–H and O–H groups in total. The molecule has 0 radical (unpaired) electrons. The Morgan fingerprint density at radius 3 is 2.46 bits per heavy atom. The van der Waals surface area contributed by atoms with Crippen molar-refractivity contribution in [1.82, 2.24) is 5.32 Å². The lowest BCUT2D eigenvalue weighted by Crippen LogP contribution is -2.58. The number of hydrogen-bond acceptors (Lipinski definition) is 9. The normalized spacial score (nSPS) is 27.3. The van der Waals surface area contributed by atoms with Gasteiger partial charge in [-0.1, -0.05) is 19.3 Å². The van der Waals surface area contributed by atoms with Crippen LogP contribution in [0.4, 0.5) is 5.69 Å². The number of nitrogens with zero attached hydrogens (tertiary/aromatic N) is 1. The molecule has 10 heteroatoms. The molecule has 0 saturated heterocycles. The number of benzene rings is 1. The minimum Gasteiger partial charge on any atom is -0.508 e. The number of nitrogens with two attached hydrogens (primary N) is 1. The molecule has 1 aromatic rings. The van der Waals surface area contributed by atoms with Crippen molar-refractivity contribution in [3.8, 4) is 5.75 Å². The molecule has 2 unspecified atom stereocenters. The monoisotopic (exact) mass is 539 g/mol. The minimum absolute atomic E-state index is 0.112. The zero-order valence-corrected chi connectivity index (χ0v) is 22.4. The standard InChI is InChI=1S/C29H37N3O7/c1-32(2)19-10-16(13-31-12-14-6-4-3-5-7-14)24(34)22-18(19)9-15-8-17-11-20(33)23(28(30)38)27(37)29(17,39)26(36)21(15)25(22)35/h10,14-15,17,31,34-35,37,39H,3-9,11-13H2,1-2H3,(H2,30,38)/t15?,17?,29-/m0/s1. The predicted octanol–water partition coefficient (Wildman–Crippen LogP) is 2.16. The van der Waals surface area contributed by atoms with E-state index in [-0.39, 0.29) is 36.1 Å². The highest BCUT2D eigenvalue weighted by molar-refractivity contribution is 6.22. The van der Waals surface area contributed by atoms with Crippen LogP contribution in [0.1, 0.15) is 61.6 Å². The maximum absolute atomic E-state index is 13.8. The highest BCUT2D eigenvalue weighted by Gasteiger charge is 2.60. The van der Waals surface area contributed by atoms with E-state index in [2.05, 4.69) is 5.32 Å². The summed E-state index contributed by atoms with van der Waals surface area (Å²) in [5.74, 6) is -5.57. The van der Waals surface area contributed by atoms with Gasteiger partial charge in [0.1, 0.15) is 22.8 Å². The van der Waals surface area contributed by atoms with Gasteiger partial charge in [0.15, 0.2) is 11.4 Å². The Balaban J connectivity index is 1.56. The average molecular weight is 540 g/mol. The van der Waals surface area contributed by atoms with Gasteiger partial charge in [-0.2, -0.15) is 0 Å². The molecular weight excluding hydrogens is 502 g/mol. The van der Waals surface area contributed by atoms with Crippen molar-refractivity contribution in [2.24, 2.45) is 23.5 Å².